The number of imidazole rings is 1. The van der Waals surface area contributed by atoms with Gasteiger partial charge in [0.2, 0.25) is 0 Å². The van der Waals surface area contributed by atoms with Crippen molar-refractivity contribution in [3.05, 3.63) is 43.0 Å². The number of rotatable bonds is 11. The Morgan fingerprint density at radius 2 is 2.03 bits per heavy atom. The Morgan fingerprint density at radius 3 is 2.73 bits per heavy atom. The topological polar surface area (TPSA) is 143 Å². The van der Waals surface area contributed by atoms with Gasteiger partial charge in [-0.1, -0.05) is 18.2 Å². The molecule has 3 N–H and O–H groups in total. The summed E-state index contributed by atoms with van der Waals surface area (Å²) < 4.78 is 32.5. The molecule has 3 aromatic rings. The molecule has 2 aromatic heterocycles. The third kappa shape index (κ3) is 5.32. The smallest absolute Gasteiger partial charge is 0.342 e. The SMILES string of the molecule is CCOC(=O)C1(NP(=O)(COC(C)Cn2cnc3c(N)ncnc32)Oc2ccccc2)CC1. The van der Waals surface area contributed by atoms with Gasteiger partial charge in [-0.2, -0.15) is 0 Å². The lowest BCUT2D eigenvalue weighted by molar-refractivity contribution is -0.146. The van der Waals surface area contributed by atoms with E-state index in [0.29, 0.717) is 42.1 Å². The number of fused-ring (bicyclic) bond motifs is 1. The van der Waals surface area contributed by atoms with Crippen LogP contribution in [0.1, 0.15) is 26.7 Å². The molecule has 1 fully saturated rings. The van der Waals surface area contributed by atoms with Gasteiger partial charge in [-0.15, -0.1) is 0 Å². The predicted octanol–water partition coefficient (Wildman–Crippen LogP) is 2.73. The molecule has 1 aromatic carbocycles. The van der Waals surface area contributed by atoms with E-state index in [9.17, 15) is 9.36 Å². The zero-order valence-electron chi connectivity index (χ0n) is 18.5. The van der Waals surface area contributed by atoms with Gasteiger partial charge in [-0.3, -0.25) is 9.36 Å². The number of benzene rings is 1. The maximum atomic E-state index is 13.8. The monoisotopic (exact) mass is 474 g/mol. The summed E-state index contributed by atoms with van der Waals surface area (Å²) in [5.74, 6) is 0.278. The first-order valence-corrected chi connectivity index (χ1v) is 12.5. The van der Waals surface area contributed by atoms with Crippen molar-refractivity contribution in [1.29, 1.82) is 0 Å². The third-order valence-electron chi connectivity index (χ3n) is 5.21. The molecule has 0 saturated heterocycles. The van der Waals surface area contributed by atoms with Crippen molar-refractivity contribution in [2.24, 2.45) is 0 Å². The van der Waals surface area contributed by atoms with Crippen LogP contribution in [0.3, 0.4) is 0 Å². The van der Waals surface area contributed by atoms with Crippen LogP contribution in [0.5, 0.6) is 5.75 Å². The third-order valence-corrected chi connectivity index (χ3v) is 6.97. The molecular formula is C21H27N6O5P. The van der Waals surface area contributed by atoms with Crippen LogP contribution >= 0.6 is 7.52 Å². The highest BCUT2D eigenvalue weighted by molar-refractivity contribution is 7.57. The number of aromatic nitrogens is 4. The van der Waals surface area contributed by atoms with E-state index in [4.69, 9.17) is 19.7 Å². The summed E-state index contributed by atoms with van der Waals surface area (Å²) in [6.07, 6.45) is 3.41. The van der Waals surface area contributed by atoms with Gasteiger partial charge in [0.25, 0.3) is 0 Å². The van der Waals surface area contributed by atoms with Crippen LogP contribution in [-0.4, -0.2) is 50.1 Å². The first-order chi connectivity index (χ1) is 15.8. The molecule has 2 atom stereocenters. The van der Waals surface area contributed by atoms with E-state index in [0.717, 1.165) is 0 Å². The second-order valence-corrected chi connectivity index (χ2v) is 9.94. The van der Waals surface area contributed by atoms with Crippen molar-refractivity contribution >= 4 is 30.5 Å². The Bertz CT molecular complexity index is 1170. The number of para-hydroxylation sites is 1. The van der Waals surface area contributed by atoms with Crippen LogP contribution < -0.4 is 15.3 Å². The highest BCUT2D eigenvalue weighted by atomic mass is 31.2. The minimum atomic E-state index is -3.62. The van der Waals surface area contributed by atoms with E-state index in [-0.39, 0.29) is 19.1 Å². The Morgan fingerprint density at radius 1 is 1.27 bits per heavy atom. The number of nitrogens with zero attached hydrogens (tertiary/aromatic N) is 4. The van der Waals surface area contributed by atoms with Gasteiger partial charge in [0.05, 0.1) is 25.6 Å². The van der Waals surface area contributed by atoms with E-state index < -0.39 is 19.0 Å². The van der Waals surface area contributed by atoms with Gasteiger partial charge in [0.1, 0.15) is 29.5 Å². The molecule has 0 aliphatic heterocycles. The molecule has 0 amide bonds. The Balaban J connectivity index is 1.47. The van der Waals surface area contributed by atoms with Crippen LogP contribution in [0.15, 0.2) is 43.0 Å². The molecule has 1 saturated carbocycles. The maximum Gasteiger partial charge on any atom is 0.342 e. The lowest BCUT2D eigenvalue weighted by atomic mass is 10.3. The molecule has 176 valence electrons. The Hall–Kier alpha value is -3.01. The number of nitrogens with two attached hydrogens (primary N) is 1. The number of nitrogen functional groups attached to an aromatic ring is 1. The average molecular weight is 474 g/mol. The first-order valence-electron chi connectivity index (χ1n) is 10.7. The largest absolute Gasteiger partial charge is 0.465 e. The quantitative estimate of drug-likeness (QED) is 0.314. The van der Waals surface area contributed by atoms with Crippen LogP contribution in [0.4, 0.5) is 5.82 Å². The number of esters is 1. The predicted molar refractivity (Wildman–Crippen MR) is 122 cm³/mol. The van der Waals surface area contributed by atoms with E-state index in [1.807, 2.05) is 13.0 Å². The summed E-state index contributed by atoms with van der Waals surface area (Å²) in [5, 5.41) is 2.94. The van der Waals surface area contributed by atoms with Crippen molar-refractivity contribution in [3.8, 4) is 5.75 Å². The molecular weight excluding hydrogens is 447 g/mol. The summed E-state index contributed by atoms with van der Waals surface area (Å²) in [4.78, 5) is 24.8. The Labute approximate surface area is 191 Å². The highest BCUT2D eigenvalue weighted by Gasteiger charge is 2.55. The molecule has 12 heteroatoms. The fraction of sp³-hybridized carbons (Fsp3) is 0.429. The number of anilines is 1. The summed E-state index contributed by atoms with van der Waals surface area (Å²) in [7, 11) is -3.62. The number of carbonyl (C=O) groups is 1. The van der Waals surface area contributed by atoms with Crippen LogP contribution in [0, 0.1) is 0 Å². The molecule has 1 aliphatic carbocycles. The van der Waals surface area contributed by atoms with Crippen LogP contribution in [0.2, 0.25) is 0 Å². The molecule has 0 radical (unpaired) electrons. The van der Waals surface area contributed by atoms with E-state index >= 15 is 0 Å². The van der Waals surface area contributed by atoms with Crippen molar-refractivity contribution in [2.75, 3.05) is 18.7 Å². The molecule has 4 rings (SSSR count). The number of carbonyl (C=O) groups excluding carboxylic acids is 1. The second kappa shape index (κ2) is 9.46. The number of ether oxygens (including phenoxy) is 2. The van der Waals surface area contributed by atoms with Gasteiger partial charge in [0, 0.05) is 0 Å². The lowest BCUT2D eigenvalue weighted by Gasteiger charge is -2.26. The fourth-order valence-electron chi connectivity index (χ4n) is 3.40. The van der Waals surface area contributed by atoms with Crippen molar-refractivity contribution in [3.63, 3.8) is 0 Å². The number of nitrogens with one attached hydrogen (secondary N) is 1. The van der Waals surface area contributed by atoms with E-state index in [2.05, 4.69) is 20.0 Å². The molecule has 2 heterocycles. The molecule has 2 unspecified atom stereocenters. The second-order valence-electron chi connectivity index (χ2n) is 7.93. The van der Waals surface area contributed by atoms with Gasteiger partial charge in [-0.25, -0.2) is 20.0 Å². The zero-order chi connectivity index (χ0) is 23.5. The van der Waals surface area contributed by atoms with E-state index in [1.54, 1.807) is 42.1 Å². The van der Waals surface area contributed by atoms with Crippen LogP contribution in [0.25, 0.3) is 11.2 Å². The molecule has 0 spiro atoms. The Kier molecular flexibility index (Phi) is 6.64. The number of hydrogen-bond donors (Lipinski definition) is 2. The molecule has 11 nitrogen and oxygen atoms in total. The standard InChI is InChI=1S/C21H27N6O5P/c1-3-30-20(28)21(9-10-21)26-33(29,32-16-7-5-4-6-8-16)14-31-15(2)11-27-13-25-17-18(22)23-12-24-19(17)27/h4-8,12-13,15H,3,9-11,14H2,1-2H3,(H,26,29)(H2,22,23,24). The number of hydrogen-bond acceptors (Lipinski definition) is 9. The van der Waals surface area contributed by atoms with Gasteiger partial charge >= 0.3 is 13.5 Å². The fourth-order valence-corrected chi connectivity index (χ4v) is 5.45. The lowest BCUT2D eigenvalue weighted by Crippen LogP contribution is -2.40. The van der Waals surface area contributed by atoms with Gasteiger partial charge in [-0.05, 0) is 38.8 Å². The van der Waals surface area contributed by atoms with Gasteiger partial charge < -0.3 is 24.3 Å². The summed E-state index contributed by atoms with van der Waals surface area (Å²) >= 11 is 0. The van der Waals surface area contributed by atoms with Crippen LogP contribution in [-0.2, 0) is 25.4 Å². The van der Waals surface area contributed by atoms with E-state index in [1.165, 1.54) is 6.33 Å². The maximum absolute atomic E-state index is 13.8. The molecule has 0 bridgehead atoms. The molecule has 33 heavy (non-hydrogen) atoms. The summed E-state index contributed by atoms with van der Waals surface area (Å²) in [6.45, 7) is 4.20. The van der Waals surface area contributed by atoms with Crippen molar-refractivity contribution in [1.82, 2.24) is 24.6 Å². The van der Waals surface area contributed by atoms with Gasteiger partial charge in [0.15, 0.2) is 11.5 Å². The minimum absolute atomic E-state index is 0.242. The molecule has 1 aliphatic rings. The summed E-state index contributed by atoms with van der Waals surface area (Å²) in [5.41, 5.74) is 5.92. The normalized spacial score (nSPS) is 17.3. The summed E-state index contributed by atoms with van der Waals surface area (Å²) in [6, 6.07) is 8.78. The van der Waals surface area contributed by atoms with Crippen molar-refractivity contribution < 1.29 is 23.4 Å². The highest BCUT2D eigenvalue weighted by Crippen LogP contribution is 2.51. The average Bonchev–Trinajstić information content (AvgIpc) is 3.45. The van der Waals surface area contributed by atoms with Crippen molar-refractivity contribution in [2.45, 2.75) is 44.9 Å². The first kappa shape index (κ1) is 23.2. The minimum Gasteiger partial charge on any atom is -0.465 e. The zero-order valence-corrected chi connectivity index (χ0v) is 19.4.